The summed E-state index contributed by atoms with van der Waals surface area (Å²) >= 11 is 1.66. The summed E-state index contributed by atoms with van der Waals surface area (Å²) in [6, 6.07) is 32.3. The van der Waals surface area contributed by atoms with E-state index in [1.807, 2.05) is 85.1 Å². The second-order valence-corrected chi connectivity index (χ2v) is 19.7. The van der Waals surface area contributed by atoms with Crippen LogP contribution in [0, 0.1) is 27.9 Å². The van der Waals surface area contributed by atoms with Gasteiger partial charge in [-0.2, -0.15) is 0 Å². The van der Waals surface area contributed by atoms with Crippen LogP contribution in [0.5, 0.6) is 23.0 Å². The lowest BCUT2D eigenvalue weighted by Crippen LogP contribution is -2.70. The van der Waals surface area contributed by atoms with Crippen LogP contribution < -0.4 is 14.2 Å². The van der Waals surface area contributed by atoms with Crippen LogP contribution in [0.1, 0.15) is 81.3 Å². The lowest BCUT2D eigenvalue weighted by Gasteiger charge is -2.59. The van der Waals surface area contributed by atoms with E-state index in [0.717, 1.165) is 70.9 Å². The Morgan fingerprint density at radius 2 is 1.68 bits per heavy atom. The number of fused-ring (bicyclic) bond motifs is 3. The SMILES string of the molecule is C=CCOC12Oc3ccc(Oc4ccc(SC)cc4)cc3C3C(CCCCO)C(CCCCO)C=C(C(=NOC4CCCCO4)CC1N(Cc1cccc4ccccc14)C(=O)Oc1ccc([N+](=O)[O-])cc1)C32. The molecule has 5 aromatic carbocycles. The van der Waals surface area contributed by atoms with Crippen LogP contribution >= 0.6 is 11.8 Å². The molecule has 5 aromatic rings. The molecule has 7 atom stereocenters. The molecule has 2 N–H and O–H groups in total. The molecule has 1 saturated heterocycles. The van der Waals surface area contributed by atoms with Crippen molar-refractivity contribution in [1.82, 2.24) is 4.90 Å². The van der Waals surface area contributed by atoms with Crippen molar-refractivity contribution in [3.05, 3.63) is 155 Å². The number of nitro benzene ring substituents is 1. The predicted octanol–water partition coefficient (Wildman–Crippen LogP) is 12.1. The molecule has 1 saturated carbocycles. The highest BCUT2D eigenvalue weighted by Gasteiger charge is 2.66. The quantitative estimate of drug-likeness (QED) is 0.0235. The predicted molar refractivity (Wildman–Crippen MR) is 277 cm³/mol. The monoisotopic (exact) mass is 997 g/mol. The Kier molecular flexibility index (Phi) is 16.6. The van der Waals surface area contributed by atoms with Crippen molar-refractivity contribution in [1.29, 1.82) is 0 Å². The second kappa shape index (κ2) is 23.5. The Bertz CT molecular complexity index is 2740. The van der Waals surface area contributed by atoms with Gasteiger partial charge in [-0.15, -0.1) is 18.3 Å². The number of carbonyl (C=O) groups excluding carboxylic acids is 1. The number of aliphatic hydroxyl groups excluding tert-OH is 2. The van der Waals surface area contributed by atoms with Gasteiger partial charge in [0.2, 0.25) is 12.1 Å². The van der Waals surface area contributed by atoms with Crippen molar-refractivity contribution in [2.45, 2.75) is 99.7 Å². The van der Waals surface area contributed by atoms with E-state index in [9.17, 15) is 20.3 Å². The van der Waals surface area contributed by atoms with Gasteiger partial charge in [0, 0.05) is 54.6 Å². The maximum atomic E-state index is 15.4. The van der Waals surface area contributed by atoms with E-state index in [4.69, 9.17) is 33.7 Å². The Morgan fingerprint density at radius 3 is 2.42 bits per heavy atom. The number of allylic oxidation sites excluding steroid dienone is 1. The number of carbonyl (C=O) groups is 1. The van der Waals surface area contributed by atoms with Crippen LogP contribution in [0.4, 0.5) is 10.5 Å². The third kappa shape index (κ3) is 11.1. The zero-order valence-electron chi connectivity index (χ0n) is 40.6. The molecule has 2 aliphatic heterocycles. The standard InChI is InChI=1S/C57H63N3O11S/c1-3-32-67-57-52(59(37-40-16-12-15-38-13-4-5-17-46(38)40)56(63)69-43-22-20-41(21-23-43)60(64)65)36-50(58-71-53-19-8-11-33-66-53)48-34-39(14-6-9-30-61)47(18-7-10-31-62)54(55(48)57)49-35-44(26-29-51(49)70-57)68-42-24-27-45(72-2)28-25-42/h3-5,12-13,15-17,20-29,34-35,39,47,52-55,61-62H,1,6-11,14,18-19,30-33,36-37H2,2H3. The maximum absolute atomic E-state index is 15.4. The average Bonchev–Trinajstić information content (AvgIpc) is 3.41. The number of nitro groups is 1. The van der Waals surface area contributed by atoms with E-state index < -0.39 is 35.1 Å². The van der Waals surface area contributed by atoms with Crippen LogP contribution in [0.15, 0.2) is 144 Å². The fraction of sp³-hybridized carbons (Fsp3) is 0.404. The zero-order chi connectivity index (χ0) is 50.0. The minimum atomic E-state index is -1.60. The summed E-state index contributed by atoms with van der Waals surface area (Å²) in [6.45, 7) is 4.87. The smallest absolute Gasteiger partial charge is 0.416 e. The highest BCUT2D eigenvalue weighted by atomic mass is 32.2. The molecule has 9 rings (SSSR count). The fourth-order valence-electron chi connectivity index (χ4n) is 11.1. The highest BCUT2D eigenvalue weighted by molar-refractivity contribution is 7.98. The molecule has 2 heterocycles. The molecule has 7 unspecified atom stereocenters. The lowest BCUT2D eigenvalue weighted by molar-refractivity contribution is -0.384. The first-order chi connectivity index (χ1) is 35.2. The first-order valence-electron chi connectivity index (χ1n) is 25.1. The molecule has 0 spiro atoms. The molecule has 2 aliphatic carbocycles. The van der Waals surface area contributed by atoms with Crippen LogP contribution in [0.25, 0.3) is 10.8 Å². The van der Waals surface area contributed by atoms with Crippen LogP contribution in [-0.2, 0) is 20.9 Å². The first kappa shape index (κ1) is 50.7. The van der Waals surface area contributed by atoms with Gasteiger partial charge in [0.25, 0.3) is 5.69 Å². The normalized spacial score (nSPS) is 23.8. The Hall–Kier alpha value is -6.23. The van der Waals surface area contributed by atoms with Gasteiger partial charge in [-0.25, -0.2) is 4.79 Å². The van der Waals surface area contributed by atoms with Gasteiger partial charge in [0.05, 0.1) is 36.3 Å². The highest BCUT2D eigenvalue weighted by Crippen LogP contribution is 2.62. The van der Waals surface area contributed by atoms with Crippen molar-refractivity contribution < 1.29 is 48.5 Å². The number of aliphatic hydroxyl groups is 2. The van der Waals surface area contributed by atoms with Crippen LogP contribution in [0.3, 0.4) is 0 Å². The van der Waals surface area contributed by atoms with E-state index in [2.05, 4.69) is 18.7 Å². The Morgan fingerprint density at radius 1 is 0.931 bits per heavy atom. The molecular formula is C57H63N3O11S. The summed E-state index contributed by atoms with van der Waals surface area (Å²) in [7, 11) is 0. The summed E-state index contributed by atoms with van der Waals surface area (Å²) in [5, 5.41) is 38.8. The molecule has 0 bridgehead atoms. The van der Waals surface area contributed by atoms with Gasteiger partial charge >= 0.3 is 6.09 Å². The van der Waals surface area contributed by atoms with Gasteiger partial charge in [-0.05, 0) is 133 Å². The fourth-order valence-corrected chi connectivity index (χ4v) is 11.5. The van der Waals surface area contributed by atoms with Crippen LogP contribution in [-0.4, -0.2) is 82.6 Å². The molecule has 14 nitrogen and oxygen atoms in total. The van der Waals surface area contributed by atoms with Gasteiger partial charge in [-0.3, -0.25) is 15.0 Å². The number of nitrogens with zero attached hydrogens (tertiary/aromatic N) is 3. The molecule has 15 heteroatoms. The Labute approximate surface area is 424 Å². The zero-order valence-corrected chi connectivity index (χ0v) is 41.5. The minimum absolute atomic E-state index is 0.00443. The number of non-ortho nitro benzene ring substituents is 1. The van der Waals surface area contributed by atoms with Crippen LogP contribution in [0.2, 0.25) is 0 Å². The number of ether oxygens (including phenoxy) is 5. The topological polar surface area (TPSA) is 172 Å². The number of hydrogen-bond donors (Lipinski definition) is 2. The minimum Gasteiger partial charge on any atom is -0.459 e. The molecule has 0 radical (unpaired) electrons. The molecule has 4 aliphatic rings. The van der Waals surface area contributed by atoms with Gasteiger partial charge < -0.3 is 38.7 Å². The van der Waals surface area contributed by atoms with Crippen molar-refractivity contribution in [2.24, 2.45) is 22.9 Å². The lowest BCUT2D eigenvalue weighted by atomic mass is 9.55. The number of unbranched alkanes of at least 4 members (excludes halogenated alkanes) is 2. The molecule has 2 fully saturated rings. The van der Waals surface area contributed by atoms with Crippen molar-refractivity contribution >= 4 is 40.0 Å². The van der Waals surface area contributed by atoms with Crippen molar-refractivity contribution in [2.75, 3.05) is 32.7 Å². The number of amides is 1. The van der Waals surface area contributed by atoms with E-state index in [-0.39, 0.29) is 62.0 Å². The number of oxime groups is 1. The molecule has 378 valence electrons. The summed E-state index contributed by atoms with van der Waals surface area (Å²) < 4.78 is 33.7. The van der Waals surface area contributed by atoms with E-state index >= 15 is 4.79 Å². The van der Waals surface area contributed by atoms with Crippen molar-refractivity contribution in [3.8, 4) is 23.0 Å². The van der Waals surface area contributed by atoms with Crippen molar-refractivity contribution in [3.63, 3.8) is 0 Å². The molecule has 72 heavy (non-hydrogen) atoms. The summed E-state index contributed by atoms with van der Waals surface area (Å²) in [5.41, 5.74) is 3.10. The van der Waals surface area contributed by atoms with E-state index in [1.165, 1.54) is 24.3 Å². The molecule has 1 amide bonds. The average molecular weight is 998 g/mol. The second-order valence-electron chi connectivity index (χ2n) is 18.8. The van der Waals surface area contributed by atoms with E-state index in [0.29, 0.717) is 48.8 Å². The number of hydrogen-bond acceptors (Lipinski definition) is 13. The largest absolute Gasteiger partial charge is 0.459 e. The van der Waals surface area contributed by atoms with Gasteiger partial charge in [-0.1, -0.05) is 72.6 Å². The third-order valence-corrected chi connectivity index (χ3v) is 15.2. The summed E-state index contributed by atoms with van der Waals surface area (Å²) in [6.07, 6.45) is 11.7. The maximum Gasteiger partial charge on any atom is 0.416 e. The first-order valence-corrected chi connectivity index (χ1v) is 26.3. The van der Waals surface area contributed by atoms with Gasteiger partial charge in [0.15, 0.2) is 0 Å². The number of thioether (sulfide) groups is 1. The Balaban J connectivity index is 1.26. The summed E-state index contributed by atoms with van der Waals surface area (Å²) in [5.74, 6) is -0.554. The molecular weight excluding hydrogens is 935 g/mol. The molecule has 0 aromatic heterocycles. The van der Waals surface area contributed by atoms with E-state index in [1.54, 1.807) is 22.7 Å². The number of rotatable bonds is 21. The number of benzene rings is 5. The third-order valence-electron chi connectivity index (χ3n) is 14.4. The van der Waals surface area contributed by atoms with Gasteiger partial charge in [0.1, 0.15) is 29.0 Å². The summed E-state index contributed by atoms with van der Waals surface area (Å²) in [4.78, 5) is 35.7.